The molecule has 21 heavy (non-hydrogen) atoms. The van der Waals surface area contributed by atoms with Crippen LogP contribution >= 0.6 is 0 Å². The molecule has 4 nitrogen and oxygen atoms in total. The number of anilines is 1. The van der Waals surface area contributed by atoms with Crippen molar-refractivity contribution in [1.82, 2.24) is 9.80 Å². The van der Waals surface area contributed by atoms with Gasteiger partial charge in [-0.3, -0.25) is 4.90 Å². The summed E-state index contributed by atoms with van der Waals surface area (Å²) >= 11 is 0. The average molecular weight is 292 g/mol. The topological polar surface area (TPSA) is 35.7 Å². The minimum absolute atomic E-state index is 0.146. The molecule has 0 amide bonds. The van der Waals surface area contributed by atoms with E-state index in [2.05, 4.69) is 21.7 Å². The van der Waals surface area contributed by atoms with Crippen molar-refractivity contribution in [1.29, 1.82) is 0 Å². The molecule has 0 bridgehead atoms. The summed E-state index contributed by atoms with van der Waals surface area (Å²) in [6, 6.07) is 5.52. The maximum Gasteiger partial charge on any atom is 0.125 e. The van der Waals surface area contributed by atoms with Crippen LogP contribution in [0, 0.1) is 5.82 Å². The maximum absolute atomic E-state index is 13.5. The van der Waals surface area contributed by atoms with Gasteiger partial charge in [0.25, 0.3) is 0 Å². The molecule has 116 valence electrons. The minimum Gasteiger partial charge on any atom is -0.357 e. The summed E-state index contributed by atoms with van der Waals surface area (Å²) in [7, 11) is 2.11. The SMILES string of the molecule is CN1Cc2ccc(F)cc2N(CCN2CCC(N)CC2)C1. The first-order valence-electron chi connectivity index (χ1n) is 7.81. The van der Waals surface area contributed by atoms with Crippen molar-refractivity contribution in [3.63, 3.8) is 0 Å². The van der Waals surface area contributed by atoms with Crippen LogP contribution in [0.2, 0.25) is 0 Å². The third-order valence-electron chi connectivity index (χ3n) is 4.56. The number of fused-ring (bicyclic) bond motifs is 1. The van der Waals surface area contributed by atoms with E-state index in [1.54, 1.807) is 12.1 Å². The summed E-state index contributed by atoms with van der Waals surface area (Å²) in [5, 5.41) is 0. The van der Waals surface area contributed by atoms with Crippen molar-refractivity contribution >= 4 is 5.69 Å². The number of likely N-dealkylation sites (tertiary alicyclic amines) is 1. The third kappa shape index (κ3) is 3.54. The van der Waals surface area contributed by atoms with Crippen molar-refractivity contribution in [3.8, 4) is 0 Å². The van der Waals surface area contributed by atoms with Crippen LogP contribution in [0.15, 0.2) is 18.2 Å². The lowest BCUT2D eigenvalue weighted by Gasteiger charge is -2.38. The number of halogens is 1. The molecule has 0 atom stereocenters. The highest BCUT2D eigenvalue weighted by atomic mass is 19.1. The molecule has 2 aliphatic rings. The predicted molar refractivity (Wildman–Crippen MR) is 83.7 cm³/mol. The van der Waals surface area contributed by atoms with Gasteiger partial charge in [0.2, 0.25) is 0 Å². The molecule has 1 fully saturated rings. The number of hydrogen-bond donors (Lipinski definition) is 1. The first-order valence-corrected chi connectivity index (χ1v) is 7.81. The quantitative estimate of drug-likeness (QED) is 0.915. The Morgan fingerprint density at radius 2 is 2.00 bits per heavy atom. The largest absolute Gasteiger partial charge is 0.357 e. The molecule has 5 heteroatoms. The summed E-state index contributed by atoms with van der Waals surface area (Å²) in [6.07, 6.45) is 2.18. The van der Waals surface area contributed by atoms with E-state index in [4.69, 9.17) is 5.73 Å². The first-order chi connectivity index (χ1) is 10.1. The molecular weight excluding hydrogens is 267 g/mol. The second-order valence-corrected chi connectivity index (χ2v) is 6.37. The van der Waals surface area contributed by atoms with Crippen molar-refractivity contribution in [2.24, 2.45) is 5.73 Å². The molecule has 0 unspecified atom stereocenters. The molecule has 2 N–H and O–H groups in total. The summed E-state index contributed by atoms with van der Waals surface area (Å²) < 4.78 is 13.5. The summed E-state index contributed by atoms with van der Waals surface area (Å²) in [4.78, 5) is 7.03. The van der Waals surface area contributed by atoms with E-state index in [0.29, 0.717) is 6.04 Å². The fraction of sp³-hybridized carbons (Fsp3) is 0.625. The molecule has 1 saturated heterocycles. The first kappa shape index (κ1) is 14.8. The van der Waals surface area contributed by atoms with Crippen molar-refractivity contribution in [2.75, 3.05) is 44.8 Å². The van der Waals surface area contributed by atoms with Crippen LogP contribution in [0.4, 0.5) is 10.1 Å². The van der Waals surface area contributed by atoms with Gasteiger partial charge in [0.05, 0.1) is 6.67 Å². The fourth-order valence-corrected chi connectivity index (χ4v) is 3.30. The standard InChI is InChI=1S/C16H25FN4/c1-19-11-13-2-3-14(17)10-16(13)21(12-19)9-8-20-6-4-15(18)5-7-20/h2-3,10,15H,4-9,11-12,18H2,1H3. The maximum atomic E-state index is 13.5. The van der Waals surface area contributed by atoms with Gasteiger partial charge in [-0.15, -0.1) is 0 Å². The van der Waals surface area contributed by atoms with E-state index in [-0.39, 0.29) is 5.82 Å². The number of hydrogen-bond acceptors (Lipinski definition) is 4. The zero-order valence-electron chi connectivity index (χ0n) is 12.8. The Labute approximate surface area is 126 Å². The Bertz CT molecular complexity index is 485. The van der Waals surface area contributed by atoms with E-state index in [9.17, 15) is 4.39 Å². The van der Waals surface area contributed by atoms with Crippen molar-refractivity contribution in [3.05, 3.63) is 29.6 Å². The van der Waals surface area contributed by atoms with Gasteiger partial charge in [0.1, 0.15) is 5.82 Å². The monoisotopic (exact) mass is 292 g/mol. The van der Waals surface area contributed by atoms with Crippen LogP contribution in [0.5, 0.6) is 0 Å². The lowest BCUT2D eigenvalue weighted by molar-refractivity contribution is 0.212. The third-order valence-corrected chi connectivity index (χ3v) is 4.56. The molecule has 0 radical (unpaired) electrons. The van der Waals surface area contributed by atoms with E-state index in [1.165, 1.54) is 5.56 Å². The molecule has 0 aliphatic carbocycles. The zero-order chi connectivity index (χ0) is 14.8. The second-order valence-electron chi connectivity index (χ2n) is 6.37. The van der Waals surface area contributed by atoms with Crippen LogP contribution < -0.4 is 10.6 Å². The highest BCUT2D eigenvalue weighted by molar-refractivity contribution is 5.55. The van der Waals surface area contributed by atoms with Crippen LogP contribution in [0.25, 0.3) is 0 Å². The minimum atomic E-state index is -0.146. The van der Waals surface area contributed by atoms with Crippen LogP contribution in [-0.4, -0.2) is 55.7 Å². The lowest BCUT2D eigenvalue weighted by Crippen LogP contribution is -2.46. The summed E-state index contributed by atoms with van der Waals surface area (Å²) in [5.41, 5.74) is 8.22. The van der Waals surface area contributed by atoms with Crippen LogP contribution in [0.3, 0.4) is 0 Å². The van der Waals surface area contributed by atoms with Gasteiger partial charge in [-0.1, -0.05) is 6.07 Å². The van der Waals surface area contributed by atoms with Crippen LogP contribution in [0.1, 0.15) is 18.4 Å². The van der Waals surface area contributed by atoms with Gasteiger partial charge in [-0.25, -0.2) is 4.39 Å². The molecule has 0 saturated carbocycles. The van der Waals surface area contributed by atoms with E-state index in [0.717, 1.165) is 57.9 Å². The molecule has 2 aliphatic heterocycles. The fourth-order valence-electron chi connectivity index (χ4n) is 3.30. The van der Waals surface area contributed by atoms with E-state index >= 15 is 0 Å². The summed E-state index contributed by atoms with van der Waals surface area (Å²) in [5.74, 6) is -0.146. The lowest BCUT2D eigenvalue weighted by atomic mass is 10.1. The Kier molecular flexibility index (Phi) is 4.42. The zero-order valence-corrected chi connectivity index (χ0v) is 12.8. The number of nitrogens with two attached hydrogens (primary N) is 1. The molecule has 3 rings (SSSR count). The van der Waals surface area contributed by atoms with E-state index in [1.807, 2.05) is 6.07 Å². The van der Waals surface area contributed by atoms with Gasteiger partial charge < -0.3 is 15.5 Å². The van der Waals surface area contributed by atoms with E-state index < -0.39 is 0 Å². The van der Waals surface area contributed by atoms with Gasteiger partial charge in [0, 0.05) is 31.4 Å². The molecule has 2 heterocycles. The normalized spacial score (nSPS) is 21.6. The van der Waals surface area contributed by atoms with Gasteiger partial charge in [0.15, 0.2) is 0 Å². The number of piperidine rings is 1. The highest BCUT2D eigenvalue weighted by Gasteiger charge is 2.22. The number of rotatable bonds is 3. The van der Waals surface area contributed by atoms with Gasteiger partial charge in [-0.2, -0.15) is 0 Å². The Morgan fingerprint density at radius 3 is 2.76 bits per heavy atom. The van der Waals surface area contributed by atoms with Gasteiger partial charge >= 0.3 is 0 Å². The Hall–Kier alpha value is -1.17. The van der Waals surface area contributed by atoms with Crippen LogP contribution in [-0.2, 0) is 6.54 Å². The van der Waals surface area contributed by atoms with Crippen molar-refractivity contribution < 1.29 is 4.39 Å². The predicted octanol–water partition coefficient (Wildman–Crippen LogP) is 1.46. The number of nitrogens with zero attached hydrogens (tertiary/aromatic N) is 3. The Morgan fingerprint density at radius 1 is 1.24 bits per heavy atom. The Balaban J connectivity index is 1.64. The smallest absolute Gasteiger partial charge is 0.125 e. The molecule has 0 aromatic heterocycles. The summed E-state index contributed by atoms with van der Waals surface area (Å²) in [6.45, 7) is 5.89. The van der Waals surface area contributed by atoms with Crippen molar-refractivity contribution in [2.45, 2.75) is 25.4 Å². The average Bonchev–Trinajstić information content (AvgIpc) is 2.47. The second kappa shape index (κ2) is 6.30. The molecular formula is C16H25FN4. The number of benzene rings is 1. The highest BCUT2D eigenvalue weighted by Crippen LogP contribution is 2.27. The molecule has 0 spiro atoms. The molecule has 1 aromatic rings. The van der Waals surface area contributed by atoms with Gasteiger partial charge in [-0.05, 0) is 50.7 Å². The molecule has 1 aromatic carbocycles.